The average molecular weight is 377 g/mol. The summed E-state index contributed by atoms with van der Waals surface area (Å²) in [4.78, 5) is 12.5. The Kier molecular flexibility index (Phi) is 4.98. The second-order valence-electron chi connectivity index (χ2n) is 5.23. The lowest BCUT2D eigenvalue weighted by atomic mass is 10.2. The van der Waals surface area contributed by atoms with E-state index < -0.39 is 15.9 Å². The lowest BCUT2D eigenvalue weighted by molar-refractivity contribution is 0.102. The van der Waals surface area contributed by atoms with E-state index in [0.29, 0.717) is 5.76 Å². The summed E-state index contributed by atoms with van der Waals surface area (Å²) in [5.74, 6) is 0.403. The topological polar surface area (TPSA) is 101 Å². The Labute approximate surface area is 148 Å². The van der Waals surface area contributed by atoms with E-state index >= 15 is 0 Å². The van der Waals surface area contributed by atoms with Crippen LogP contribution in [0.4, 0.5) is 5.82 Å². The Bertz CT molecular complexity index is 978. The molecule has 2 N–H and O–H groups in total. The smallest absolute Gasteiger partial charge is 0.267 e. The van der Waals surface area contributed by atoms with E-state index in [-0.39, 0.29) is 22.1 Å². The molecule has 3 rings (SSSR count). The molecule has 0 radical (unpaired) electrons. The number of aryl methyl sites for hydroxylation is 1. The molecular weight excluding hydrogens is 362 g/mol. The minimum atomic E-state index is -3.69. The van der Waals surface area contributed by atoms with Crippen LogP contribution in [0.2, 0.25) is 0 Å². The van der Waals surface area contributed by atoms with Crippen molar-refractivity contribution in [3.63, 3.8) is 0 Å². The molecule has 9 heteroatoms. The number of hydrogen-bond acceptors (Lipinski definition) is 6. The number of nitrogens with zero attached hydrogens (tertiary/aromatic N) is 1. The minimum absolute atomic E-state index is 0.0508. The van der Waals surface area contributed by atoms with E-state index in [1.54, 1.807) is 13.0 Å². The van der Waals surface area contributed by atoms with Crippen LogP contribution in [-0.4, -0.2) is 19.5 Å². The normalized spacial score (nSPS) is 11.4. The SMILES string of the molecule is Cc1cc(NC(=O)c2cc(S(=O)(=O)NCc3ccccc3)cs2)no1. The third-order valence-electron chi connectivity index (χ3n) is 3.29. The zero-order valence-corrected chi connectivity index (χ0v) is 14.9. The van der Waals surface area contributed by atoms with Crippen LogP contribution in [0.15, 0.2) is 57.3 Å². The number of anilines is 1. The summed E-state index contributed by atoms with van der Waals surface area (Å²) in [5, 5.41) is 7.65. The average Bonchev–Trinajstić information content (AvgIpc) is 3.24. The van der Waals surface area contributed by atoms with Crippen LogP contribution in [0.25, 0.3) is 0 Å². The van der Waals surface area contributed by atoms with Gasteiger partial charge in [-0.1, -0.05) is 35.5 Å². The molecule has 2 heterocycles. The molecule has 25 heavy (non-hydrogen) atoms. The monoisotopic (exact) mass is 377 g/mol. The predicted octanol–water partition coefficient (Wildman–Crippen LogP) is 2.78. The highest BCUT2D eigenvalue weighted by Gasteiger charge is 2.19. The first-order valence-corrected chi connectivity index (χ1v) is 9.67. The number of benzene rings is 1. The Morgan fingerprint density at radius 2 is 2.00 bits per heavy atom. The minimum Gasteiger partial charge on any atom is -0.360 e. The fourth-order valence-corrected chi connectivity index (χ4v) is 4.23. The molecule has 0 aliphatic heterocycles. The molecule has 0 saturated heterocycles. The molecular formula is C16H15N3O4S2. The van der Waals surface area contributed by atoms with Crippen LogP contribution in [0.3, 0.4) is 0 Å². The van der Waals surface area contributed by atoms with Gasteiger partial charge in [0.05, 0.1) is 9.77 Å². The van der Waals surface area contributed by atoms with Gasteiger partial charge in [-0.05, 0) is 18.6 Å². The van der Waals surface area contributed by atoms with Crippen molar-refractivity contribution in [3.05, 3.63) is 64.0 Å². The molecule has 0 aliphatic carbocycles. The Balaban J connectivity index is 1.68. The number of rotatable bonds is 6. The van der Waals surface area contributed by atoms with Crippen LogP contribution in [0, 0.1) is 6.92 Å². The molecule has 0 fully saturated rings. The van der Waals surface area contributed by atoms with Gasteiger partial charge in [0.25, 0.3) is 5.91 Å². The number of nitrogens with one attached hydrogen (secondary N) is 2. The van der Waals surface area contributed by atoms with E-state index in [4.69, 9.17) is 4.52 Å². The van der Waals surface area contributed by atoms with Crippen molar-refractivity contribution >= 4 is 33.1 Å². The van der Waals surface area contributed by atoms with E-state index in [9.17, 15) is 13.2 Å². The second-order valence-corrected chi connectivity index (χ2v) is 7.91. The quantitative estimate of drug-likeness (QED) is 0.688. The summed E-state index contributed by atoms with van der Waals surface area (Å²) < 4.78 is 32.1. The van der Waals surface area contributed by atoms with Crippen molar-refractivity contribution in [3.8, 4) is 0 Å². The van der Waals surface area contributed by atoms with Crippen molar-refractivity contribution in [2.24, 2.45) is 0 Å². The number of aromatic nitrogens is 1. The molecule has 1 amide bonds. The van der Waals surface area contributed by atoms with Gasteiger partial charge in [0.15, 0.2) is 5.82 Å². The summed E-state index contributed by atoms with van der Waals surface area (Å²) in [6, 6.07) is 12.1. The van der Waals surface area contributed by atoms with Crippen molar-refractivity contribution < 1.29 is 17.7 Å². The fourth-order valence-electron chi connectivity index (χ4n) is 2.04. The standard InChI is InChI=1S/C16H15N3O4S2/c1-11-7-15(19-23-11)18-16(20)14-8-13(10-24-14)25(21,22)17-9-12-5-3-2-4-6-12/h2-8,10,17H,9H2,1H3,(H,18,19,20). The van der Waals surface area contributed by atoms with Crippen LogP contribution >= 0.6 is 11.3 Å². The first-order valence-electron chi connectivity index (χ1n) is 7.31. The number of sulfonamides is 1. The van der Waals surface area contributed by atoms with Crippen molar-refractivity contribution in [1.29, 1.82) is 0 Å². The first kappa shape index (κ1) is 17.3. The van der Waals surface area contributed by atoms with Gasteiger partial charge in [0, 0.05) is 18.0 Å². The van der Waals surface area contributed by atoms with Gasteiger partial charge >= 0.3 is 0 Å². The summed E-state index contributed by atoms with van der Waals surface area (Å²) in [7, 11) is -3.69. The Hall–Kier alpha value is -2.49. The van der Waals surface area contributed by atoms with Crippen LogP contribution in [-0.2, 0) is 16.6 Å². The van der Waals surface area contributed by atoms with E-state index in [2.05, 4.69) is 15.2 Å². The molecule has 0 spiro atoms. The summed E-state index contributed by atoms with van der Waals surface area (Å²) in [6.45, 7) is 1.88. The van der Waals surface area contributed by atoms with E-state index in [1.807, 2.05) is 30.3 Å². The first-order chi connectivity index (χ1) is 11.9. The van der Waals surface area contributed by atoms with Crippen molar-refractivity contribution in [2.75, 3.05) is 5.32 Å². The zero-order valence-electron chi connectivity index (χ0n) is 13.2. The summed E-state index contributed by atoms with van der Waals surface area (Å²) in [6.07, 6.45) is 0. The highest BCUT2D eigenvalue weighted by molar-refractivity contribution is 7.89. The highest BCUT2D eigenvalue weighted by atomic mass is 32.2. The van der Waals surface area contributed by atoms with Gasteiger partial charge < -0.3 is 9.84 Å². The van der Waals surface area contributed by atoms with Crippen LogP contribution in [0.1, 0.15) is 21.0 Å². The summed E-state index contributed by atoms with van der Waals surface area (Å²) in [5.41, 5.74) is 0.848. The molecule has 0 saturated carbocycles. The van der Waals surface area contributed by atoms with Crippen LogP contribution in [0.5, 0.6) is 0 Å². The Morgan fingerprint density at radius 3 is 2.68 bits per heavy atom. The van der Waals surface area contributed by atoms with Crippen molar-refractivity contribution in [2.45, 2.75) is 18.4 Å². The van der Waals surface area contributed by atoms with Gasteiger partial charge in [-0.2, -0.15) is 0 Å². The van der Waals surface area contributed by atoms with Crippen molar-refractivity contribution in [1.82, 2.24) is 9.88 Å². The van der Waals surface area contributed by atoms with Gasteiger partial charge in [-0.15, -0.1) is 11.3 Å². The molecule has 0 unspecified atom stereocenters. The van der Waals surface area contributed by atoms with Gasteiger partial charge in [-0.3, -0.25) is 4.79 Å². The lowest BCUT2D eigenvalue weighted by Crippen LogP contribution is -2.22. The van der Waals surface area contributed by atoms with Crippen LogP contribution < -0.4 is 10.0 Å². The second kappa shape index (κ2) is 7.18. The number of hydrogen-bond donors (Lipinski definition) is 2. The number of thiophene rings is 1. The fraction of sp³-hybridized carbons (Fsp3) is 0.125. The lowest BCUT2D eigenvalue weighted by Gasteiger charge is -2.04. The number of carbonyl (C=O) groups is 1. The van der Waals surface area contributed by atoms with Gasteiger partial charge in [0.1, 0.15) is 5.76 Å². The molecule has 7 nitrogen and oxygen atoms in total. The molecule has 0 atom stereocenters. The van der Waals surface area contributed by atoms with E-state index in [1.165, 1.54) is 11.4 Å². The van der Waals surface area contributed by atoms with Gasteiger partial charge in [0.2, 0.25) is 10.0 Å². The largest absolute Gasteiger partial charge is 0.360 e. The highest BCUT2D eigenvalue weighted by Crippen LogP contribution is 2.21. The number of carbonyl (C=O) groups excluding carboxylic acids is 1. The zero-order chi connectivity index (χ0) is 17.9. The molecule has 1 aromatic carbocycles. The molecule has 2 aromatic heterocycles. The maximum Gasteiger partial charge on any atom is 0.267 e. The summed E-state index contributed by atoms with van der Waals surface area (Å²) >= 11 is 1.04. The third kappa shape index (κ3) is 4.32. The molecule has 3 aromatic rings. The third-order valence-corrected chi connectivity index (χ3v) is 5.75. The molecule has 0 aliphatic rings. The van der Waals surface area contributed by atoms with E-state index in [0.717, 1.165) is 16.9 Å². The molecule has 0 bridgehead atoms. The Morgan fingerprint density at radius 1 is 1.24 bits per heavy atom. The number of amides is 1. The molecule has 130 valence electrons. The maximum absolute atomic E-state index is 12.3. The maximum atomic E-state index is 12.3. The predicted molar refractivity (Wildman–Crippen MR) is 94.0 cm³/mol. The van der Waals surface area contributed by atoms with Gasteiger partial charge in [-0.25, -0.2) is 13.1 Å².